The van der Waals surface area contributed by atoms with E-state index in [4.69, 9.17) is 16.3 Å². The normalized spacial score (nSPS) is 11.3. The van der Waals surface area contributed by atoms with Crippen LogP contribution in [-0.4, -0.2) is 43.7 Å². The number of non-ortho nitro benzene ring substituents is 1. The number of aromatic nitrogens is 3. The summed E-state index contributed by atoms with van der Waals surface area (Å²) in [5.41, 5.74) is 5.03. The number of carbonyl (C=O) groups excluding carboxylic acids is 1. The summed E-state index contributed by atoms with van der Waals surface area (Å²) in [5.74, 6) is 0.979. The topological polar surface area (TPSA) is 125 Å². The number of amides is 1. The van der Waals surface area contributed by atoms with Gasteiger partial charge < -0.3 is 4.74 Å². The maximum absolute atomic E-state index is 12.6. The first-order chi connectivity index (χ1) is 18.4. The molecular formula is C26H23ClN6O4S. The molecule has 12 heteroatoms. The molecule has 0 spiro atoms. The number of hydrogen-bond acceptors (Lipinski definition) is 8. The summed E-state index contributed by atoms with van der Waals surface area (Å²) in [4.78, 5) is 23.1. The minimum Gasteiger partial charge on any atom is -0.494 e. The fourth-order valence-corrected chi connectivity index (χ4v) is 4.33. The van der Waals surface area contributed by atoms with Gasteiger partial charge in [-0.2, -0.15) is 5.10 Å². The standard InChI is InChI=1S/C26H23ClN6O4S/c1-3-37-23-13-11-21(12-14-23)32-25(18-7-9-20(27)10-8-18)30-31-26(32)38-16-24(34)29-28-17(2)19-5-4-6-22(15-19)33(35)36/h4-15H,3,16H2,1-2H3,(H,29,34)/b28-17-. The van der Waals surface area contributed by atoms with Gasteiger partial charge in [0, 0.05) is 34.0 Å². The number of hydrazone groups is 1. The van der Waals surface area contributed by atoms with Crippen LogP contribution in [-0.2, 0) is 4.79 Å². The van der Waals surface area contributed by atoms with Crippen molar-refractivity contribution in [3.8, 4) is 22.8 Å². The average molecular weight is 551 g/mol. The molecule has 0 unspecified atom stereocenters. The van der Waals surface area contributed by atoms with E-state index < -0.39 is 4.92 Å². The van der Waals surface area contributed by atoms with Crippen molar-refractivity contribution in [2.45, 2.75) is 19.0 Å². The lowest BCUT2D eigenvalue weighted by Crippen LogP contribution is -2.21. The Balaban J connectivity index is 1.53. The van der Waals surface area contributed by atoms with Crippen molar-refractivity contribution in [3.05, 3.63) is 93.5 Å². The second kappa shape index (κ2) is 12.3. The highest BCUT2D eigenvalue weighted by Crippen LogP contribution is 2.29. The number of nitrogens with one attached hydrogen (secondary N) is 1. The van der Waals surface area contributed by atoms with E-state index in [1.54, 1.807) is 31.2 Å². The van der Waals surface area contributed by atoms with E-state index in [0.717, 1.165) is 17.0 Å². The molecule has 0 saturated heterocycles. The zero-order valence-electron chi connectivity index (χ0n) is 20.5. The quantitative estimate of drug-likeness (QED) is 0.119. The maximum atomic E-state index is 12.6. The predicted octanol–water partition coefficient (Wildman–Crippen LogP) is 5.53. The number of carbonyl (C=O) groups is 1. The van der Waals surface area contributed by atoms with Crippen LogP contribution >= 0.6 is 23.4 Å². The van der Waals surface area contributed by atoms with Gasteiger partial charge in [0.2, 0.25) is 0 Å². The van der Waals surface area contributed by atoms with E-state index >= 15 is 0 Å². The van der Waals surface area contributed by atoms with Crippen LogP contribution in [0.2, 0.25) is 5.02 Å². The number of hydrogen-bond donors (Lipinski definition) is 1. The molecular weight excluding hydrogens is 528 g/mol. The van der Waals surface area contributed by atoms with Crippen LogP contribution in [0.15, 0.2) is 83.1 Å². The number of nitrogens with zero attached hydrogens (tertiary/aromatic N) is 5. The Hall–Kier alpha value is -4.22. The average Bonchev–Trinajstić information content (AvgIpc) is 3.35. The van der Waals surface area contributed by atoms with E-state index in [2.05, 4.69) is 20.7 Å². The van der Waals surface area contributed by atoms with Crippen molar-refractivity contribution in [1.82, 2.24) is 20.2 Å². The molecule has 0 aliphatic heterocycles. The summed E-state index contributed by atoms with van der Waals surface area (Å²) >= 11 is 7.26. The molecule has 10 nitrogen and oxygen atoms in total. The molecule has 0 bridgehead atoms. The van der Waals surface area contributed by atoms with Gasteiger partial charge in [-0.25, -0.2) is 5.43 Å². The van der Waals surface area contributed by atoms with Crippen LogP contribution in [0.25, 0.3) is 17.1 Å². The van der Waals surface area contributed by atoms with Gasteiger partial charge in [-0.3, -0.25) is 19.5 Å². The van der Waals surface area contributed by atoms with Gasteiger partial charge in [0.05, 0.1) is 23.0 Å². The van der Waals surface area contributed by atoms with Crippen molar-refractivity contribution < 1.29 is 14.5 Å². The first kappa shape index (κ1) is 26.8. The summed E-state index contributed by atoms with van der Waals surface area (Å²) in [6.45, 7) is 4.14. The van der Waals surface area contributed by atoms with E-state index in [1.165, 1.54) is 23.9 Å². The van der Waals surface area contributed by atoms with Gasteiger partial charge in [-0.05, 0) is 62.4 Å². The van der Waals surface area contributed by atoms with E-state index in [9.17, 15) is 14.9 Å². The van der Waals surface area contributed by atoms with Gasteiger partial charge in [0.1, 0.15) is 5.75 Å². The van der Waals surface area contributed by atoms with Gasteiger partial charge in [0.25, 0.3) is 11.6 Å². The van der Waals surface area contributed by atoms with Gasteiger partial charge >= 0.3 is 0 Å². The van der Waals surface area contributed by atoms with Crippen LogP contribution in [0.4, 0.5) is 5.69 Å². The minimum atomic E-state index is -0.481. The summed E-state index contributed by atoms with van der Waals surface area (Å²) < 4.78 is 7.41. The third-order valence-corrected chi connectivity index (χ3v) is 6.48. The molecule has 0 saturated carbocycles. The van der Waals surface area contributed by atoms with Crippen molar-refractivity contribution in [1.29, 1.82) is 0 Å². The third kappa shape index (κ3) is 6.55. The SMILES string of the molecule is CCOc1ccc(-n2c(SCC(=O)N/N=C(/C)c3cccc([N+](=O)[O-])c3)nnc2-c2ccc(Cl)cc2)cc1. The lowest BCUT2D eigenvalue weighted by atomic mass is 10.1. The van der Waals surface area contributed by atoms with Crippen LogP contribution in [0.3, 0.4) is 0 Å². The van der Waals surface area contributed by atoms with Crippen molar-refractivity contribution in [2.75, 3.05) is 12.4 Å². The summed E-state index contributed by atoms with van der Waals surface area (Å²) in [7, 11) is 0. The summed E-state index contributed by atoms with van der Waals surface area (Å²) in [6, 6.07) is 20.8. The zero-order valence-corrected chi connectivity index (χ0v) is 22.1. The Kier molecular flexibility index (Phi) is 8.72. The number of nitro benzene ring substituents is 1. The highest BCUT2D eigenvalue weighted by molar-refractivity contribution is 7.99. The van der Waals surface area contributed by atoms with Gasteiger partial charge in [-0.1, -0.05) is 35.5 Å². The number of ether oxygens (including phenoxy) is 1. The number of rotatable bonds is 10. The lowest BCUT2D eigenvalue weighted by Gasteiger charge is -2.11. The number of benzene rings is 3. The third-order valence-electron chi connectivity index (χ3n) is 5.30. The molecule has 0 radical (unpaired) electrons. The fourth-order valence-electron chi connectivity index (χ4n) is 3.46. The van der Waals surface area contributed by atoms with Crippen LogP contribution in [0.1, 0.15) is 19.4 Å². The van der Waals surface area contributed by atoms with Crippen LogP contribution in [0.5, 0.6) is 5.75 Å². The molecule has 1 N–H and O–H groups in total. The van der Waals surface area contributed by atoms with Crippen molar-refractivity contribution >= 4 is 40.7 Å². The second-order valence-electron chi connectivity index (χ2n) is 7.90. The Morgan fingerprint density at radius 2 is 1.87 bits per heavy atom. The molecule has 4 rings (SSSR count). The summed E-state index contributed by atoms with van der Waals surface area (Å²) in [6.07, 6.45) is 0. The Labute approximate surface area is 227 Å². The molecule has 1 heterocycles. The number of thioether (sulfide) groups is 1. The monoisotopic (exact) mass is 550 g/mol. The lowest BCUT2D eigenvalue weighted by molar-refractivity contribution is -0.384. The second-order valence-corrected chi connectivity index (χ2v) is 9.28. The zero-order chi connectivity index (χ0) is 27.1. The highest BCUT2D eigenvalue weighted by Gasteiger charge is 2.18. The molecule has 194 valence electrons. The Morgan fingerprint density at radius 1 is 1.13 bits per heavy atom. The molecule has 4 aromatic rings. The van der Waals surface area contributed by atoms with E-state index in [-0.39, 0.29) is 17.3 Å². The highest BCUT2D eigenvalue weighted by atomic mass is 35.5. The number of nitro groups is 1. The van der Waals surface area contributed by atoms with Crippen molar-refractivity contribution in [3.63, 3.8) is 0 Å². The first-order valence-corrected chi connectivity index (χ1v) is 12.9. The molecule has 0 aliphatic rings. The smallest absolute Gasteiger partial charge is 0.270 e. The van der Waals surface area contributed by atoms with Crippen LogP contribution in [0, 0.1) is 10.1 Å². The Bertz CT molecular complexity index is 1470. The van der Waals surface area contributed by atoms with Gasteiger partial charge in [0.15, 0.2) is 11.0 Å². The summed E-state index contributed by atoms with van der Waals surface area (Å²) in [5, 5.41) is 24.9. The molecule has 38 heavy (non-hydrogen) atoms. The fraction of sp³-hybridized carbons (Fsp3) is 0.154. The minimum absolute atomic E-state index is 0.0154. The predicted molar refractivity (Wildman–Crippen MR) is 147 cm³/mol. The molecule has 0 fully saturated rings. The molecule has 1 amide bonds. The van der Waals surface area contributed by atoms with E-state index in [1.807, 2.05) is 47.9 Å². The number of halogens is 1. The largest absolute Gasteiger partial charge is 0.494 e. The molecule has 3 aromatic carbocycles. The first-order valence-electron chi connectivity index (χ1n) is 11.5. The maximum Gasteiger partial charge on any atom is 0.270 e. The van der Waals surface area contributed by atoms with Crippen LogP contribution < -0.4 is 10.2 Å². The Morgan fingerprint density at radius 3 is 2.55 bits per heavy atom. The van der Waals surface area contributed by atoms with E-state index in [0.29, 0.717) is 33.9 Å². The van der Waals surface area contributed by atoms with Crippen molar-refractivity contribution in [2.24, 2.45) is 5.10 Å². The van der Waals surface area contributed by atoms with Gasteiger partial charge in [-0.15, -0.1) is 10.2 Å². The molecule has 1 aromatic heterocycles. The molecule has 0 atom stereocenters. The molecule has 0 aliphatic carbocycles.